The average molecular weight is 677 g/mol. The fourth-order valence-electron chi connectivity index (χ4n) is 6.59. The number of pyridine rings is 1. The van der Waals surface area contributed by atoms with E-state index in [1.54, 1.807) is 23.1 Å². The summed E-state index contributed by atoms with van der Waals surface area (Å²) in [4.78, 5) is 38.4. The number of morpholine rings is 1. The SMILES string of the molecule is CCS(=O)(=O)Nc1nc2c(cc1Cc1ccc(F)cc1)N(C(=O)CN1C[C@@H](C)N(C(=O)O)C[C@@H]1CN1[C@H](C)COC[C@H]1C)[C@@H](C)CO2. The number of benzene rings is 1. The number of carbonyl (C=O) groups excluding carboxylic acids is 1. The maximum absolute atomic E-state index is 14.3. The van der Waals surface area contributed by atoms with Gasteiger partial charge >= 0.3 is 6.09 Å². The highest BCUT2D eigenvalue weighted by Crippen LogP contribution is 2.37. The van der Waals surface area contributed by atoms with E-state index in [0.717, 1.165) is 5.56 Å². The summed E-state index contributed by atoms with van der Waals surface area (Å²) in [6.07, 6.45) is -0.757. The van der Waals surface area contributed by atoms with Gasteiger partial charge in [-0.25, -0.2) is 17.6 Å². The number of anilines is 2. The molecule has 15 heteroatoms. The van der Waals surface area contributed by atoms with E-state index >= 15 is 0 Å². The van der Waals surface area contributed by atoms with Crippen LogP contribution in [0.4, 0.5) is 20.7 Å². The molecular formula is C32H45FN6O7S. The van der Waals surface area contributed by atoms with Gasteiger partial charge in [0.15, 0.2) is 0 Å². The van der Waals surface area contributed by atoms with Gasteiger partial charge in [-0.2, -0.15) is 4.98 Å². The highest BCUT2D eigenvalue weighted by atomic mass is 32.2. The number of carbonyl (C=O) groups is 2. The minimum atomic E-state index is -3.70. The Balaban J connectivity index is 1.46. The lowest BCUT2D eigenvalue weighted by molar-refractivity contribution is -0.122. The highest BCUT2D eigenvalue weighted by molar-refractivity contribution is 7.92. The van der Waals surface area contributed by atoms with Crippen molar-refractivity contribution in [2.45, 2.75) is 71.2 Å². The number of piperazine rings is 1. The molecule has 47 heavy (non-hydrogen) atoms. The lowest BCUT2D eigenvalue weighted by Crippen LogP contribution is -2.65. The first-order valence-electron chi connectivity index (χ1n) is 16.1. The van der Waals surface area contributed by atoms with E-state index in [9.17, 15) is 27.5 Å². The van der Waals surface area contributed by atoms with Crippen molar-refractivity contribution >= 4 is 33.5 Å². The fraction of sp³-hybridized carbons (Fsp3) is 0.594. The Morgan fingerprint density at radius 3 is 2.34 bits per heavy atom. The number of rotatable bonds is 9. The lowest BCUT2D eigenvalue weighted by atomic mass is 10.0. The standard InChI is InChI=1S/C32H45FN6O7S/c1-6-47(43,44)35-30-25(11-24-7-9-26(33)10-8-24)12-28-31(34-30)46-19-23(5)39(28)29(40)16-36-13-20(2)38(32(41)42)15-27(36)14-37-21(3)17-45-18-22(37)4/h7-10,12,20-23,27H,6,11,13-19H2,1-5H3,(H,34,35)(H,41,42)/t20-,21-,22-,23+,27+/m1/s1. The fourth-order valence-corrected chi connectivity index (χ4v) is 7.21. The van der Waals surface area contributed by atoms with Crippen molar-refractivity contribution in [2.75, 3.05) is 61.4 Å². The van der Waals surface area contributed by atoms with Gasteiger partial charge in [-0.05, 0) is 58.4 Å². The van der Waals surface area contributed by atoms with Gasteiger partial charge in [0.05, 0.1) is 31.6 Å². The summed E-state index contributed by atoms with van der Waals surface area (Å²) in [5.74, 6) is -0.546. The van der Waals surface area contributed by atoms with Crippen LogP contribution in [0.5, 0.6) is 5.88 Å². The smallest absolute Gasteiger partial charge is 0.407 e. The van der Waals surface area contributed by atoms with E-state index in [4.69, 9.17) is 9.47 Å². The third kappa shape index (κ3) is 7.96. The Hall–Kier alpha value is -3.53. The molecule has 2 N–H and O–H groups in total. The number of sulfonamides is 1. The molecule has 0 bridgehead atoms. The number of nitrogens with zero attached hydrogens (tertiary/aromatic N) is 5. The Bertz CT molecular complexity index is 1550. The van der Waals surface area contributed by atoms with E-state index in [-0.39, 0.29) is 79.7 Å². The van der Waals surface area contributed by atoms with Crippen molar-refractivity contribution in [2.24, 2.45) is 0 Å². The summed E-state index contributed by atoms with van der Waals surface area (Å²) in [6, 6.07) is 6.99. The van der Waals surface area contributed by atoms with Gasteiger partial charge in [-0.15, -0.1) is 0 Å². The predicted molar refractivity (Wildman–Crippen MR) is 175 cm³/mol. The number of carboxylic acid groups (broad SMARTS) is 1. The normalized spacial score (nSPS) is 25.6. The largest absolute Gasteiger partial charge is 0.474 e. The van der Waals surface area contributed by atoms with Gasteiger partial charge in [0, 0.05) is 55.8 Å². The summed E-state index contributed by atoms with van der Waals surface area (Å²) >= 11 is 0. The molecule has 2 aromatic rings. The van der Waals surface area contributed by atoms with Crippen LogP contribution in [0.1, 0.15) is 45.7 Å². The molecule has 4 heterocycles. The Kier molecular flexibility index (Phi) is 10.6. The topological polar surface area (TPSA) is 145 Å². The zero-order valence-corrected chi connectivity index (χ0v) is 28.4. The number of halogens is 1. The van der Waals surface area contributed by atoms with Crippen LogP contribution in [-0.4, -0.2) is 127 Å². The third-order valence-electron chi connectivity index (χ3n) is 9.23. The number of nitrogens with one attached hydrogen (secondary N) is 1. The first-order chi connectivity index (χ1) is 22.3. The van der Waals surface area contributed by atoms with Crippen LogP contribution < -0.4 is 14.4 Å². The third-order valence-corrected chi connectivity index (χ3v) is 10.5. The van der Waals surface area contributed by atoms with E-state index in [1.165, 1.54) is 24.0 Å². The number of aromatic nitrogens is 1. The Labute approximate surface area is 275 Å². The molecule has 0 aliphatic carbocycles. The molecule has 258 valence electrons. The van der Waals surface area contributed by atoms with E-state index in [2.05, 4.69) is 33.4 Å². The minimum Gasteiger partial charge on any atom is -0.474 e. The van der Waals surface area contributed by atoms with Crippen LogP contribution in [0.15, 0.2) is 30.3 Å². The maximum atomic E-state index is 14.3. The number of ether oxygens (including phenoxy) is 2. The van der Waals surface area contributed by atoms with Crippen LogP contribution in [0.25, 0.3) is 0 Å². The molecular weight excluding hydrogens is 631 g/mol. The summed E-state index contributed by atoms with van der Waals surface area (Å²) in [7, 11) is -3.70. The molecule has 13 nitrogen and oxygen atoms in total. The van der Waals surface area contributed by atoms with Gasteiger partial charge in [0.25, 0.3) is 0 Å². The van der Waals surface area contributed by atoms with Crippen LogP contribution in [-0.2, 0) is 26.0 Å². The molecule has 3 aliphatic heterocycles. The van der Waals surface area contributed by atoms with Crippen LogP contribution in [0.3, 0.4) is 0 Å². The first-order valence-corrected chi connectivity index (χ1v) is 17.7. The van der Waals surface area contributed by atoms with Crippen molar-refractivity contribution in [1.29, 1.82) is 0 Å². The summed E-state index contributed by atoms with van der Waals surface area (Å²) in [5, 5.41) is 9.92. The molecule has 0 radical (unpaired) electrons. The Morgan fingerprint density at radius 1 is 1.02 bits per heavy atom. The zero-order chi connectivity index (χ0) is 34.0. The highest BCUT2D eigenvalue weighted by Gasteiger charge is 2.40. The van der Waals surface area contributed by atoms with Crippen molar-refractivity contribution in [3.05, 3.63) is 47.3 Å². The lowest BCUT2D eigenvalue weighted by Gasteiger charge is -2.48. The van der Waals surface area contributed by atoms with Gasteiger partial charge < -0.3 is 24.4 Å². The van der Waals surface area contributed by atoms with E-state index in [0.29, 0.717) is 37.6 Å². The quantitative estimate of drug-likeness (QED) is 0.407. The predicted octanol–water partition coefficient (Wildman–Crippen LogP) is 2.85. The molecule has 2 saturated heterocycles. The second kappa shape index (κ2) is 14.3. The van der Waals surface area contributed by atoms with Crippen molar-refractivity contribution in [3.8, 4) is 5.88 Å². The monoisotopic (exact) mass is 676 g/mol. The number of hydrogen-bond acceptors (Lipinski definition) is 9. The summed E-state index contributed by atoms with van der Waals surface area (Å²) in [5.41, 5.74) is 1.64. The molecule has 1 aromatic heterocycles. The zero-order valence-electron chi connectivity index (χ0n) is 27.6. The first kappa shape index (κ1) is 34.8. The second-order valence-electron chi connectivity index (χ2n) is 12.9. The maximum Gasteiger partial charge on any atom is 0.407 e. The van der Waals surface area contributed by atoms with Crippen molar-refractivity contribution in [1.82, 2.24) is 19.7 Å². The molecule has 2 amide bonds. The second-order valence-corrected chi connectivity index (χ2v) is 14.9. The summed E-state index contributed by atoms with van der Waals surface area (Å²) < 4.78 is 53.0. The molecule has 5 rings (SSSR count). The number of hydrogen-bond donors (Lipinski definition) is 2. The Morgan fingerprint density at radius 2 is 1.70 bits per heavy atom. The molecule has 5 atom stereocenters. The van der Waals surface area contributed by atoms with Gasteiger partial charge in [-0.1, -0.05) is 12.1 Å². The molecule has 2 fully saturated rings. The van der Waals surface area contributed by atoms with Crippen LogP contribution in [0, 0.1) is 5.82 Å². The van der Waals surface area contributed by atoms with Gasteiger partial charge in [0.1, 0.15) is 23.9 Å². The summed E-state index contributed by atoms with van der Waals surface area (Å²) in [6.45, 7) is 12.0. The van der Waals surface area contributed by atoms with Crippen LogP contribution >= 0.6 is 0 Å². The van der Waals surface area contributed by atoms with Crippen molar-refractivity contribution in [3.63, 3.8) is 0 Å². The number of amides is 2. The molecule has 0 spiro atoms. The molecule has 1 aromatic carbocycles. The van der Waals surface area contributed by atoms with Gasteiger partial charge in [-0.3, -0.25) is 19.3 Å². The van der Waals surface area contributed by atoms with Crippen LogP contribution in [0.2, 0.25) is 0 Å². The molecule has 3 aliphatic rings. The van der Waals surface area contributed by atoms with Gasteiger partial charge in [0.2, 0.25) is 21.8 Å². The van der Waals surface area contributed by atoms with E-state index in [1.807, 2.05) is 13.8 Å². The van der Waals surface area contributed by atoms with Crippen molar-refractivity contribution < 1.29 is 37.0 Å². The number of fused-ring (bicyclic) bond motifs is 1. The average Bonchev–Trinajstić information content (AvgIpc) is 3.01. The van der Waals surface area contributed by atoms with E-state index < -0.39 is 21.9 Å². The molecule has 0 unspecified atom stereocenters. The minimum absolute atomic E-state index is 0.0386. The molecule has 0 saturated carbocycles.